The second kappa shape index (κ2) is 6.75. The lowest BCUT2D eigenvalue weighted by Crippen LogP contribution is -2.36. The van der Waals surface area contributed by atoms with Crippen LogP contribution in [-0.2, 0) is 20.0 Å². The van der Waals surface area contributed by atoms with E-state index in [-0.39, 0.29) is 6.03 Å². The minimum absolute atomic E-state index is 0.138. The number of aromatic nitrogens is 2. The van der Waals surface area contributed by atoms with Gasteiger partial charge < -0.3 is 15.2 Å². The van der Waals surface area contributed by atoms with E-state index in [4.69, 9.17) is 0 Å². The molecule has 20 heavy (non-hydrogen) atoms. The molecule has 2 aromatic heterocycles. The smallest absolute Gasteiger partial charge is 0.315 e. The van der Waals surface area contributed by atoms with Crippen LogP contribution in [0.4, 0.5) is 4.79 Å². The van der Waals surface area contributed by atoms with E-state index in [0.717, 1.165) is 17.5 Å². The van der Waals surface area contributed by atoms with Crippen molar-refractivity contribution in [2.24, 2.45) is 7.05 Å². The largest absolute Gasteiger partial charge is 0.357 e. The molecule has 0 aliphatic heterocycles. The van der Waals surface area contributed by atoms with E-state index in [1.54, 1.807) is 6.20 Å². The van der Waals surface area contributed by atoms with E-state index in [9.17, 15) is 4.79 Å². The number of nitrogens with zero attached hydrogens (tertiary/aromatic N) is 2. The van der Waals surface area contributed by atoms with E-state index in [1.807, 2.05) is 49.3 Å². The van der Waals surface area contributed by atoms with Crippen LogP contribution < -0.4 is 10.6 Å². The number of rotatable bonds is 5. The molecular weight excluding hydrogens is 252 g/mol. The van der Waals surface area contributed by atoms with Crippen molar-refractivity contribution in [3.05, 3.63) is 53.6 Å². The summed E-state index contributed by atoms with van der Waals surface area (Å²) in [6.45, 7) is 3.18. The van der Waals surface area contributed by atoms with Crippen LogP contribution in [0.25, 0.3) is 0 Å². The highest BCUT2D eigenvalue weighted by Gasteiger charge is 2.02. The molecule has 5 heteroatoms. The molecule has 2 rings (SSSR count). The van der Waals surface area contributed by atoms with Crippen molar-refractivity contribution in [3.8, 4) is 0 Å². The van der Waals surface area contributed by atoms with Gasteiger partial charge in [-0.2, -0.15) is 0 Å². The van der Waals surface area contributed by atoms with E-state index < -0.39 is 0 Å². The Hall–Kier alpha value is -2.30. The minimum atomic E-state index is -0.138. The summed E-state index contributed by atoms with van der Waals surface area (Å²) < 4.78 is 1.96. The first kappa shape index (κ1) is 14.1. The van der Waals surface area contributed by atoms with E-state index >= 15 is 0 Å². The van der Waals surface area contributed by atoms with Crippen LogP contribution in [0.3, 0.4) is 0 Å². The first-order valence-corrected chi connectivity index (χ1v) is 6.67. The molecule has 2 amide bonds. The molecule has 0 aliphatic rings. The molecule has 0 saturated heterocycles. The summed E-state index contributed by atoms with van der Waals surface area (Å²) in [5.41, 5.74) is 3.45. The lowest BCUT2D eigenvalue weighted by Gasteiger charge is -2.08. The summed E-state index contributed by atoms with van der Waals surface area (Å²) in [5.74, 6) is 0. The molecular formula is C15H20N4O. The number of urea groups is 1. The van der Waals surface area contributed by atoms with Crippen molar-refractivity contribution in [2.75, 3.05) is 6.54 Å². The van der Waals surface area contributed by atoms with Gasteiger partial charge in [0, 0.05) is 44.9 Å². The Morgan fingerprint density at radius 3 is 2.90 bits per heavy atom. The van der Waals surface area contributed by atoms with Crippen molar-refractivity contribution in [1.29, 1.82) is 0 Å². The zero-order valence-electron chi connectivity index (χ0n) is 11.9. The third-order valence-corrected chi connectivity index (χ3v) is 3.16. The van der Waals surface area contributed by atoms with Crippen molar-refractivity contribution in [1.82, 2.24) is 20.2 Å². The Bertz CT molecular complexity index is 577. The van der Waals surface area contributed by atoms with Gasteiger partial charge in [-0.15, -0.1) is 0 Å². The molecule has 0 unspecified atom stereocenters. The van der Waals surface area contributed by atoms with Crippen LogP contribution in [0.2, 0.25) is 0 Å². The molecule has 2 heterocycles. The minimum Gasteiger partial charge on any atom is -0.357 e. The van der Waals surface area contributed by atoms with Gasteiger partial charge in [-0.25, -0.2) is 4.79 Å². The molecule has 2 N–H and O–H groups in total. The molecule has 0 fully saturated rings. The number of nitrogens with one attached hydrogen (secondary N) is 2. The Kier molecular flexibility index (Phi) is 4.76. The Balaban J connectivity index is 1.69. The summed E-state index contributed by atoms with van der Waals surface area (Å²) >= 11 is 0. The Labute approximate surface area is 119 Å². The van der Waals surface area contributed by atoms with Gasteiger partial charge in [-0.3, -0.25) is 4.98 Å². The maximum absolute atomic E-state index is 11.7. The fourth-order valence-corrected chi connectivity index (χ4v) is 2.00. The third kappa shape index (κ3) is 4.12. The summed E-state index contributed by atoms with van der Waals surface area (Å²) in [6.07, 6.45) is 8.37. The maximum atomic E-state index is 11.7. The molecule has 106 valence electrons. The predicted octanol–water partition coefficient (Wildman–Crippen LogP) is 1.77. The maximum Gasteiger partial charge on any atom is 0.315 e. The van der Waals surface area contributed by atoms with Gasteiger partial charge in [0.2, 0.25) is 0 Å². The first-order valence-electron chi connectivity index (χ1n) is 6.67. The molecule has 0 bridgehead atoms. The highest BCUT2D eigenvalue weighted by molar-refractivity contribution is 5.73. The normalized spacial score (nSPS) is 10.3. The fraction of sp³-hybridized carbons (Fsp3) is 0.333. The van der Waals surface area contributed by atoms with Crippen molar-refractivity contribution >= 4 is 6.03 Å². The lowest BCUT2D eigenvalue weighted by atomic mass is 10.1. The summed E-state index contributed by atoms with van der Waals surface area (Å²) in [7, 11) is 1.96. The van der Waals surface area contributed by atoms with Crippen molar-refractivity contribution in [3.63, 3.8) is 0 Å². The molecule has 0 atom stereocenters. The summed E-state index contributed by atoms with van der Waals surface area (Å²) in [4.78, 5) is 15.7. The number of carbonyl (C=O) groups excluding carboxylic acids is 1. The summed E-state index contributed by atoms with van der Waals surface area (Å²) in [5, 5.41) is 5.70. The highest BCUT2D eigenvalue weighted by Crippen LogP contribution is 2.04. The van der Waals surface area contributed by atoms with Gasteiger partial charge >= 0.3 is 6.03 Å². The number of carbonyl (C=O) groups is 1. The van der Waals surface area contributed by atoms with Gasteiger partial charge in [0.05, 0.1) is 0 Å². The van der Waals surface area contributed by atoms with Gasteiger partial charge in [0.1, 0.15) is 0 Å². The molecule has 0 aliphatic carbocycles. The summed E-state index contributed by atoms with van der Waals surface area (Å²) in [6, 6.07) is 3.83. The lowest BCUT2D eigenvalue weighted by molar-refractivity contribution is 0.240. The van der Waals surface area contributed by atoms with Crippen LogP contribution >= 0.6 is 0 Å². The topological polar surface area (TPSA) is 59.0 Å². The van der Waals surface area contributed by atoms with Crippen LogP contribution in [0.1, 0.15) is 16.7 Å². The Morgan fingerprint density at radius 2 is 2.20 bits per heavy atom. The zero-order valence-corrected chi connectivity index (χ0v) is 11.9. The predicted molar refractivity (Wildman–Crippen MR) is 78.3 cm³/mol. The second-order valence-electron chi connectivity index (χ2n) is 4.85. The number of amides is 2. The molecule has 2 aromatic rings. The molecule has 0 saturated carbocycles. The van der Waals surface area contributed by atoms with Crippen LogP contribution in [-0.4, -0.2) is 22.1 Å². The van der Waals surface area contributed by atoms with Gasteiger partial charge in [-0.05, 0) is 42.2 Å². The first-order chi connectivity index (χ1) is 9.65. The van der Waals surface area contributed by atoms with Crippen molar-refractivity contribution < 1.29 is 4.79 Å². The number of pyridine rings is 1. The van der Waals surface area contributed by atoms with Crippen LogP contribution in [0.5, 0.6) is 0 Å². The molecule has 0 radical (unpaired) electrons. The standard InChI is InChI=1S/C15H20N4O/c1-12-9-16-6-3-14(12)4-7-17-15(20)18-10-13-5-8-19(2)11-13/h3,5-6,8-9,11H,4,7,10H2,1-2H3,(H2,17,18,20). The fourth-order valence-electron chi connectivity index (χ4n) is 2.00. The average Bonchev–Trinajstić information content (AvgIpc) is 2.84. The van der Waals surface area contributed by atoms with Crippen LogP contribution in [0.15, 0.2) is 36.9 Å². The third-order valence-electron chi connectivity index (χ3n) is 3.16. The molecule has 0 spiro atoms. The highest BCUT2D eigenvalue weighted by atomic mass is 16.2. The second-order valence-corrected chi connectivity index (χ2v) is 4.85. The monoisotopic (exact) mass is 272 g/mol. The van der Waals surface area contributed by atoms with Gasteiger partial charge in [-0.1, -0.05) is 0 Å². The van der Waals surface area contributed by atoms with Gasteiger partial charge in [0.25, 0.3) is 0 Å². The van der Waals surface area contributed by atoms with E-state index in [0.29, 0.717) is 13.1 Å². The zero-order chi connectivity index (χ0) is 14.4. The Morgan fingerprint density at radius 1 is 1.35 bits per heavy atom. The SMILES string of the molecule is Cc1cnccc1CCNC(=O)NCc1ccn(C)c1. The number of hydrogen-bond acceptors (Lipinski definition) is 2. The van der Waals surface area contributed by atoms with Gasteiger partial charge in [0.15, 0.2) is 0 Å². The van der Waals surface area contributed by atoms with E-state index in [2.05, 4.69) is 15.6 Å². The van der Waals surface area contributed by atoms with Crippen LogP contribution in [0, 0.1) is 6.92 Å². The quantitative estimate of drug-likeness (QED) is 0.871. The van der Waals surface area contributed by atoms with Crippen molar-refractivity contribution in [2.45, 2.75) is 19.9 Å². The average molecular weight is 272 g/mol. The number of hydrogen-bond donors (Lipinski definition) is 2. The number of aryl methyl sites for hydroxylation is 2. The molecule has 5 nitrogen and oxygen atoms in total. The molecule has 0 aromatic carbocycles. The van der Waals surface area contributed by atoms with E-state index in [1.165, 1.54) is 5.56 Å².